The molecule has 364 valence electrons. The topological polar surface area (TPSA) is 204 Å². The highest BCUT2D eigenvalue weighted by molar-refractivity contribution is 8.14. The summed E-state index contributed by atoms with van der Waals surface area (Å²) in [4.78, 5) is 82.4. The highest BCUT2D eigenvalue weighted by atomic mass is 32.2. The van der Waals surface area contributed by atoms with Crippen LogP contribution in [-0.4, -0.2) is 138 Å². The van der Waals surface area contributed by atoms with Gasteiger partial charge in [0.2, 0.25) is 16.8 Å². The molecule has 0 aromatic carbocycles. The molecular formula is C48H78N2O13S. The third kappa shape index (κ3) is 14.5. The van der Waals surface area contributed by atoms with Crippen molar-refractivity contribution >= 4 is 46.2 Å². The molecule has 0 aromatic heterocycles. The van der Waals surface area contributed by atoms with Crippen LogP contribution in [0.25, 0.3) is 0 Å². The van der Waals surface area contributed by atoms with E-state index in [0.717, 1.165) is 22.2 Å². The molecule has 14 atom stereocenters. The lowest BCUT2D eigenvalue weighted by molar-refractivity contribution is -0.302. The van der Waals surface area contributed by atoms with Crippen molar-refractivity contribution < 1.29 is 62.7 Å². The van der Waals surface area contributed by atoms with E-state index in [4.69, 9.17) is 23.7 Å². The van der Waals surface area contributed by atoms with Gasteiger partial charge in [-0.25, -0.2) is 4.79 Å². The summed E-state index contributed by atoms with van der Waals surface area (Å²) >= 11 is 1.16. The largest absolute Gasteiger partial charge is 0.456 e. The molecule has 15 nitrogen and oxygen atoms in total. The van der Waals surface area contributed by atoms with Crippen LogP contribution < -0.4 is 5.32 Å². The number of ether oxygens (including phenoxy) is 5. The molecule has 3 N–H and O–H groups in total. The van der Waals surface area contributed by atoms with Crippen LogP contribution in [0, 0.1) is 29.6 Å². The predicted octanol–water partition coefficient (Wildman–Crippen LogP) is 5.51. The number of thioether (sulfide) groups is 1. The quantitative estimate of drug-likeness (QED) is 0.126. The van der Waals surface area contributed by atoms with Gasteiger partial charge in [0.1, 0.15) is 24.0 Å². The molecule has 0 spiro atoms. The number of carbonyl (C=O) groups excluding carboxylic acids is 6. The highest BCUT2D eigenvalue weighted by Gasteiger charge is 2.56. The molecule has 14 unspecified atom stereocenters. The molecule has 2 amide bonds. The molecule has 2 bridgehead atoms. The van der Waals surface area contributed by atoms with Crippen molar-refractivity contribution in [2.75, 3.05) is 34.4 Å². The van der Waals surface area contributed by atoms with Crippen LogP contribution in [0.15, 0.2) is 23.3 Å². The van der Waals surface area contributed by atoms with Gasteiger partial charge in [-0.15, -0.1) is 0 Å². The van der Waals surface area contributed by atoms with E-state index in [0.29, 0.717) is 50.5 Å². The Labute approximate surface area is 385 Å². The first-order valence-corrected chi connectivity index (χ1v) is 24.1. The summed E-state index contributed by atoms with van der Waals surface area (Å²) in [6.45, 7) is 15.9. The molecule has 1 saturated carbocycles. The van der Waals surface area contributed by atoms with Gasteiger partial charge in [-0.1, -0.05) is 71.0 Å². The fraction of sp³-hybridized carbons (Fsp3) is 0.792. The fourth-order valence-corrected chi connectivity index (χ4v) is 10.8. The summed E-state index contributed by atoms with van der Waals surface area (Å²) in [5.74, 6) is -8.24. The fourth-order valence-electron chi connectivity index (χ4n) is 9.65. The van der Waals surface area contributed by atoms with Crippen LogP contribution in [0.4, 0.5) is 0 Å². The lowest BCUT2D eigenvalue weighted by atomic mass is 9.82. The zero-order chi connectivity index (χ0) is 48.1. The van der Waals surface area contributed by atoms with E-state index in [1.54, 1.807) is 41.7 Å². The van der Waals surface area contributed by atoms with E-state index in [1.807, 2.05) is 32.9 Å². The predicted molar refractivity (Wildman–Crippen MR) is 244 cm³/mol. The molecule has 2 heterocycles. The standard InChI is InChI=1S/C48H78N2O13S/c1-13-18-50-35(15-3)47(57)62-43(29(6)22-33-16-17-41(38(24-33)59-10)64-42(54)26-49-32(9)51)31(8)36(52)25-37(53)34(14-2)20-27(4)19-28(5)21-39(60-11)44-40(61-12)23-30(7)48(58,63-44)45(55)46(50)56/h20,22,28,30-31,33-36,38-41,43-44,52,58H,13-19,21,23-26H2,1-12H3,(H,49,51)/b27-20+,29-22+. The van der Waals surface area contributed by atoms with Crippen molar-refractivity contribution in [3.63, 3.8) is 0 Å². The number of amides is 2. The van der Waals surface area contributed by atoms with Gasteiger partial charge in [-0.2, -0.15) is 0 Å². The zero-order valence-corrected chi connectivity index (χ0v) is 41.2. The Morgan fingerprint density at radius 3 is 2.16 bits per heavy atom. The summed E-state index contributed by atoms with van der Waals surface area (Å²) in [5, 5.41) is 26.2. The summed E-state index contributed by atoms with van der Waals surface area (Å²) in [6, 6.07) is -1.25. The minimum Gasteiger partial charge on any atom is -0.456 e. The molecule has 2 aliphatic heterocycles. The maximum atomic E-state index is 14.5. The first kappa shape index (κ1) is 55.3. The average Bonchev–Trinajstić information content (AvgIpc) is 3.25. The number of hydrogen-bond acceptors (Lipinski definition) is 14. The molecule has 1 saturated heterocycles. The SMILES string of the molecule is CCCN1C(=O)C(=O)C2(O)OC(C(OC)CC(C)C/C(C)=C/C(CC)C(=O)CC(O)C(C)C(/C(C)=C/C3CCC(SC(=O)CNC(C)=O)C(OC)C3)OC(=O)C1CC)C(OC)CC2C. The maximum absolute atomic E-state index is 14.5. The molecule has 2 fully saturated rings. The lowest BCUT2D eigenvalue weighted by Gasteiger charge is -2.46. The van der Waals surface area contributed by atoms with Crippen molar-refractivity contribution in [3.8, 4) is 0 Å². The number of aliphatic hydroxyl groups is 2. The molecule has 3 aliphatic rings. The number of ketones is 2. The minimum absolute atomic E-state index is 0.00508. The maximum Gasteiger partial charge on any atom is 0.329 e. The van der Waals surface area contributed by atoms with E-state index in [2.05, 4.69) is 5.32 Å². The summed E-state index contributed by atoms with van der Waals surface area (Å²) in [7, 11) is 4.63. The Balaban J connectivity index is 2.10. The smallest absolute Gasteiger partial charge is 0.329 e. The van der Waals surface area contributed by atoms with E-state index in [9.17, 15) is 39.0 Å². The average molecular weight is 923 g/mol. The Morgan fingerprint density at radius 2 is 1.58 bits per heavy atom. The van der Waals surface area contributed by atoms with Gasteiger partial charge >= 0.3 is 5.97 Å². The molecule has 0 aromatic rings. The highest BCUT2D eigenvalue weighted by Crippen LogP contribution is 2.40. The summed E-state index contributed by atoms with van der Waals surface area (Å²) in [5.41, 5.74) is 1.60. The Bertz CT molecular complexity index is 1670. The number of esters is 1. The van der Waals surface area contributed by atoms with Gasteiger partial charge < -0.3 is 44.1 Å². The number of allylic oxidation sites excluding steroid dienone is 3. The van der Waals surface area contributed by atoms with Gasteiger partial charge in [-0.3, -0.25) is 24.0 Å². The number of nitrogens with one attached hydrogen (secondary N) is 1. The van der Waals surface area contributed by atoms with Crippen LogP contribution in [0.1, 0.15) is 127 Å². The molecule has 0 radical (unpaired) electrons. The Kier molecular flexibility index (Phi) is 22.3. The number of hydrogen-bond donors (Lipinski definition) is 3. The second kappa shape index (κ2) is 25.8. The van der Waals surface area contributed by atoms with Crippen molar-refractivity contribution in [3.05, 3.63) is 23.3 Å². The van der Waals surface area contributed by atoms with E-state index in [1.165, 1.54) is 21.1 Å². The number of fused-ring (bicyclic) bond motifs is 2. The van der Waals surface area contributed by atoms with Gasteiger partial charge in [0.15, 0.2) is 0 Å². The molecule has 16 heteroatoms. The monoisotopic (exact) mass is 923 g/mol. The van der Waals surface area contributed by atoms with Gasteiger partial charge in [0, 0.05) is 64.2 Å². The third-order valence-corrected chi connectivity index (χ3v) is 14.6. The lowest BCUT2D eigenvalue weighted by Crippen LogP contribution is -2.64. The van der Waals surface area contributed by atoms with Crippen molar-refractivity contribution in [2.24, 2.45) is 29.6 Å². The van der Waals surface area contributed by atoms with E-state index < -0.39 is 77.8 Å². The second-order valence-electron chi connectivity index (χ2n) is 18.4. The van der Waals surface area contributed by atoms with Crippen LogP contribution in [0.3, 0.4) is 0 Å². The molecule has 64 heavy (non-hydrogen) atoms. The van der Waals surface area contributed by atoms with Crippen LogP contribution in [0.2, 0.25) is 0 Å². The van der Waals surface area contributed by atoms with Crippen LogP contribution in [-0.2, 0) is 52.5 Å². The van der Waals surface area contributed by atoms with Crippen molar-refractivity contribution in [1.82, 2.24) is 10.2 Å². The number of Topliss-reactive ketones (excluding diaryl/α,β-unsaturated/α-hetero) is 2. The first-order chi connectivity index (χ1) is 30.2. The first-order valence-electron chi connectivity index (χ1n) is 23.2. The van der Waals surface area contributed by atoms with Gasteiger partial charge in [0.05, 0.1) is 31.0 Å². The zero-order valence-electron chi connectivity index (χ0n) is 40.4. The number of aliphatic hydroxyl groups excluding tert-OH is 1. The van der Waals surface area contributed by atoms with Crippen LogP contribution >= 0.6 is 11.8 Å². The normalized spacial score (nSPS) is 36.7. The minimum atomic E-state index is -2.55. The number of rotatable bonds is 12. The number of cyclic esters (lactones) is 1. The number of methoxy groups -OCH3 is 3. The van der Waals surface area contributed by atoms with Gasteiger partial charge in [-0.05, 0) is 89.0 Å². The Morgan fingerprint density at radius 1 is 0.938 bits per heavy atom. The van der Waals surface area contributed by atoms with Crippen molar-refractivity contribution in [2.45, 2.75) is 180 Å². The van der Waals surface area contributed by atoms with E-state index >= 15 is 0 Å². The number of carbonyl (C=O) groups is 6. The number of nitrogens with zero attached hydrogens (tertiary/aromatic N) is 1. The Hall–Kier alpha value is -2.99. The second-order valence-corrected chi connectivity index (χ2v) is 19.7. The van der Waals surface area contributed by atoms with Crippen LogP contribution in [0.5, 0.6) is 0 Å². The van der Waals surface area contributed by atoms with Gasteiger partial charge in [0.25, 0.3) is 11.7 Å². The third-order valence-electron chi connectivity index (χ3n) is 13.4. The summed E-state index contributed by atoms with van der Waals surface area (Å²) < 4.78 is 30.2. The molecule has 1 aliphatic carbocycles. The van der Waals surface area contributed by atoms with Crippen molar-refractivity contribution in [1.29, 1.82) is 0 Å². The van der Waals surface area contributed by atoms with E-state index in [-0.39, 0.29) is 72.3 Å². The molecular weight excluding hydrogens is 845 g/mol. The molecule has 3 rings (SSSR count). The summed E-state index contributed by atoms with van der Waals surface area (Å²) in [6.07, 6.45) is 3.16.